The van der Waals surface area contributed by atoms with Crippen LogP contribution in [0.4, 0.5) is 0 Å². The first kappa shape index (κ1) is 13.7. The van der Waals surface area contributed by atoms with E-state index in [1.807, 2.05) is 25.1 Å². The van der Waals surface area contributed by atoms with Crippen LogP contribution < -0.4 is 0 Å². The molecule has 0 spiro atoms. The largest absolute Gasteiger partial charge is 0.481 e. The van der Waals surface area contributed by atoms with E-state index in [-0.39, 0.29) is 11.0 Å². The third-order valence-electron chi connectivity index (χ3n) is 3.28. The van der Waals surface area contributed by atoms with Gasteiger partial charge in [0.1, 0.15) is 5.75 Å². The molecule has 108 valence electrons. The van der Waals surface area contributed by atoms with Crippen LogP contribution in [0, 0.1) is 13.8 Å². The molecule has 3 rings (SSSR count). The third kappa shape index (κ3) is 2.64. The Bertz CT molecular complexity index is 822. The number of nitrogens with zero attached hydrogens (tertiary/aromatic N) is 2. The highest BCUT2D eigenvalue weighted by Gasteiger charge is 2.12. The number of hydrogen-bond acceptors (Lipinski definition) is 5. The Hall–Kier alpha value is -2.28. The molecule has 0 atom stereocenters. The van der Waals surface area contributed by atoms with Gasteiger partial charge < -0.3 is 14.5 Å². The smallest absolute Gasteiger partial charge is 0.314 e. The second kappa shape index (κ2) is 5.25. The second-order valence-electron chi connectivity index (χ2n) is 4.69. The standard InChI is InChI=1S/C14H13N3O3S/c1-7-8(2)15-11-4-3-9(5-10(7)11)13-16-17-14(20-13)21-6-12(18)19/h3-5,15H,6H2,1-2H3,(H,18,19). The number of aromatic amines is 1. The number of aromatic nitrogens is 3. The molecule has 0 bridgehead atoms. The molecule has 0 radical (unpaired) electrons. The minimum absolute atomic E-state index is 0.100. The van der Waals surface area contributed by atoms with Crippen molar-refractivity contribution in [2.24, 2.45) is 0 Å². The number of H-pyrrole nitrogens is 1. The summed E-state index contributed by atoms with van der Waals surface area (Å²) in [5.41, 5.74) is 4.20. The minimum Gasteiger partial charge on any atom is -0.481 e. The van der Waals surface area contributed by atoms with Crippen LogP contribution >= 0.6 is 11.8 Å². The number of rotatable bonds is 4. The zero-order chi connectivity index (χ0) is 15.0. The molecule has 0 fully saturated rings. The molecule has 0 amide bonds. The molecule has 6 nitrogen and oxygen atoms in total. The van der Waals surface area contributed by atoms with E-state index >= 15 is 0 Å². The summed E-state index contributed by atoms with van der Waals surface area (Å²) in [6, 6.07) is 5.86. The first-order valence-electron chi connectivity index (χ1n) is 6.32. The number of aryl methyl sites for hydroxylation is 2. The summed E-state index contributed by atoms with van der Waals surface area (Å²) >= 11 is 1.01. The van der Waals surface area contributed by atoms with Crippen LogP contribution in [0.1, 0.15) is 11.3 Å². The lowest BCUT2D eigenvalue weighted by atomic mass is 10.1. The van der Waals surface area contributed by atoms with Crippen molar-refractivity contribution < 1.29 is 14.3 Å². The van der Waals surface area contributed by atoms with Crippen LogP contribution in [0.5, 0.6) is 0 Å². The SMILES string of the molecule is Cc1[nH]c2ccc(-c3nnc(SCC(=O)O)o3)cc2c1C. The number of carbonyl (C=O) groups is 1. The van der Waals surface area contributed by atoms with Crippen molar-refractivity contribution in [2.45, 2.75) is 19.1 Å². The lowest BCUT2D eigenvalue weighted by Crippen LogP contribution is -1.97. The molecule has 21 heavy (non-hydrogen) atoms. The first-order valence-corrected chi connectivity index (χ1v) is 7.30. The molecule has 3 aromatic rings. The van der Waals surface area contributed by atoms with E-state index in [1.54, 1.807) is 0 Å². The Morgan fingerprint density at radius 1 is 1.38 bits per heavy atom. The van der Waals surface area contributed by atoms with Crippen molar-refractivity contribution in [3.63, 3.8) is 0 Å². The molecule has 2 aromatic heterocycles. The second-order valence-corrected chi connectivity index (χ2v) is 5.62. The predicted octanol–water partition coefficient (Wildman–Crippen LogP) is 3.01. The van der Waals surface area contributed by atoms with Gasteiger partial charge in [0.15, 0.2) is 0 Å². The van der Waals surface area contributed by atoms with Gasteiger partial charge in [-0.25, -0.2) is 0 Å². The first-order chi connectivity index (χ1) is 10.0. The van der Waals surface area contributed by atoms with E-state index in [0.29, 0.717) is 5.89 Å². The van der Waals surface area contributed by atoms with Gasteiger partial charge in [-0.1, -0.05) is 11.8 Å². The molecule has 0 saturated heterocycles. The Kier molecular flexibility index (Phi) is 3.42. The Labute approximate surface area is 124 Å². The van der Waals surface area contributed by atoms with Gasteiger partial charge >= 0.3 is 5.97 Å². The summed E-state index contributed by atoms with van der Waals surface area (Å²) in [5.74, 6) is -0.626. The summed E-state index contributed by atoms with van der Waals surface area (Å²) in [7, 11) is 0. The normalized spacial score (nSPS) is 11.1. The number of nitrogens with one attached hydrogen (secondary N) is 1. The average Bonchev–Trinajstić information content (AvgIpc) is 3.03. The topological polar surface area (TPSA) is 92.0 Å². The highest BCUT2D eigenvalue weighted by molar-refractivity contribution is 7.99. The Balaban J connectivity index is 1.93. The summed E-state index contributed by atoms with van der Waals surface area (Å²) in [6.45, 7) is 4.09. The van der Waals surface area contributed by atoms with Crippen LogP contribution in [-0.2, 0) is 4.79 Å². The van der Waals surface area contributed by atoms with Crippen LogP contribution in [0.2, 0.25) is 0 Å². The maximum atomic E-state index is 10.5. The monoisotopic (exact) mass is 303 g/mol. The molecular weight excluding hydrogens is 290 g/mol. The van der Waals surface area contributed by atoms with Gasteiger partial charge in [0.25, 0.3) is 5.22 Å². The van der Waals surface area contributed by atoms with Gasteiger partial charge in [-0.05, 0) is 37.6 Å². The van der Waals surface area contributed by atoms with Crippen LogP contribution in [0.15, 0.2) is 27.8 Å². The van der Waals surface area contributed by atoms with E-state index in [1.165, 1.54) is 5.56 Å². The predicted molar refractivity (Wildman–Crippen MR) is 79.4 cm³/mol. The summed E-state index contributed by atoms with van der Waals surface area (Å²) in [6.07, 6.45) is 0. The molecule has 0 aliphatic rings. The van der Waals surface area contributed by atoms with Crippen molar-refractivity contribution in [3.8, 4) is 11.5 Å². The fourth-order valence-electron chi connectivity index (χ4n) is 2.10. The number of carboxylic acid groups (broad SMARTS) is 1. The summed E-state index contributed by atoms with van der Waals surface area (Å²) in [5, 5.41) is 17.8. The maximum absolute atomic E-state index is 10.5. The highest BCUT2D eigenvalue weighted by Crippen LogP contribution is 2.28. The zero-order valence-corrected chi connectivity index (χ0v) is 12.3. The lowest BCUT2D eigenvalue weighted by Gasteiger charge is -1.96. The van der Waals surface area contributed by atoms with Gasteiger partial charge in [0, 0.05) is 22.2 Å². The third-order valence-corrected chi connectivity index (χ3v) is 4.08. The van der Waals surface area contributed by atoms with Crippen LogP contribution in [0.25, 0.3) is 22.4 Å². The minimum atomic E-state index is -0.917. The van der Waals surface area contributed by atoms with E-state index < -0.39 is 5.97 Å². The number of carboxylic acids is 1. The lowest BCUT2D eigenvalue weighted by molar-refractivity contribution is -0.133. The number of thioether (sulfide) groups is 1. The van der Waals surface area contributed by atoms with Crippen molar-refractivity contribution in [1.82, 2.24) is 15.2 Å². The molecule has 7 heteroatoms. The van der Waals surface area contributed by atoms with Crippen LogP contribution in [-0.4, -0.2) is 32.0 Å². The number of hydrogen-bond donors (Lipinski definition) is 2. The quantitative estimate of drug-likeness (QED) is 0.720. The fourth-order valence-corrected chi connectivity index (χ4v) is 2.59. The van der Waals surface area contributed by atoms with Crippen LogP contribution in [0.3, 0.4) is 0 Å². The van der Waals surface area contributed by atoms with Crippen molar-refractivity contribution in [3.05, 3.63) is 29.5 Å². The molecule has 2 heterocycles. The number of fused-ring (bicyclic) bond motifs is 1. The Morgan fingerprint density at radius 3 is 2.95 bits per heavy atom. The van der Waals surface area contributed by atoms with Gasteiger partial charge in [-0.15, -0.1) is 10.2 Å². The maximum Gasteiger partial charge on any atom is 0.314 e. The molecule has 0 aliphatic carbocycles. The van der Waals surface area contributed by atoms with Gasteiger partial charge in [-0.3, -0.25) is 4.79 Å². The Morgan fingerprint density at radius 2 is 2.19 bits per heavy atom. The van der Waals surface area contributed by atoms with E-state index in [0.717, 1.165) is 33.9 Å². The number of benzene rings is 1. The summed E-state index contributed by atoms with van der Waals surface area (Å²) < 4.78 is 5.48. The van der Waals surface area contributed by atoms with Crippen molar-refractivity contribution in [1.29, 1.82) is 0 Å². The zero-order valence-electron chi connectivity index (χ0n) is 11.5. The number of aliphatic carboxylic acids is 1. The fraction of sp³-hybridized carbons (Fsp3) is 0.214. The summed E-state index contributed by atoms with van der Waals surface area (Å²) in [4.78, 5) is 13.8. The van der Waals surface area contributed by atoms with E-state index in [2.05, 4.69) is 22.1 Å². The van der Waals surface area contributed by atoms with Crippen molar-refractivity contribution >= 4 is 28.6 Å². The van der Waals surface area contributed by atoms with Crippen molar-refractivity contribution in [2.75, 3.05) is 5.75 Å². The van der Waals surface area contributed by atoms with E-state index in [4.69, 9.17) is 9.52 Å². The van der Waals surface area contributed by atoms with Gasteiger partial charge in [-0.2, -0.15) is 0 Å². The molecule has 1 aromatic carbocycles. The average molecular weight is 303 g/mol. The van der Waals surface area contributed by atoms with Gasteiger partial charge in [0.05, 0.1) is 0 Å². The molecule has 0 aliphatic heterocycles. The van der Waals surface area contributed by atoms with E-state index in [9.17, 15) is 4.79 Å². The van der Waals surface area contributed by atoms with Gasteiger partial charge in [0.2, 0.25) is 5.89 Å². The molecular formula is C14H13N3O3S. The molecule has 0 saturated carbocycles. The highest BCUT2D eigenvalue weighted by atomic mass is 32.2. The molecule has 0 unspecified atom stereocenters. The molecule has 2 N–H and O–H groups in total.